The summed E-state index contributed by atoms with van der Waals surface area (Å²) in [7, 11) is 0. The summed E-state index contributed by atoms with van der Waals surface area (Å²) in [6.45, 7) is 6.11. The number of amides is 1. The lowest BCUT2D eigenvalue weighted by Crippen LogP contribution is -2.44. The molecule has 5 nitrogen and oxygen atoms in total. The summed E-state index contributed by atoms with van der Waals surface area (Å²) in [5.74, 6) is -0.254. The van der Waals surface area contributed by atoms with Gasteiger partial charge in [0.15, 0.2) is 0 Å². The van der Waals surface area contributed by atoms with Crippen LogP contribution in [0.1, 0.15) is 39.5 Å². The van der Waals surface area contributed by atoms with Gasteiger partial charge in [-0.3, -0.25) is 14.5 Å². The molecule has 1 aliphatic rings. The monoisotopic (exact) mass is 256 g/mol. The van der Waals surface area contributed by atoms with Gasteiger partial charge in [-0.2, -0.15) is 0 Å². The SMILES string of the molecule is CC(C)NC(=O)CN1CCCC(CCC(=O)O)C1. The van der Waals surface area contributed by atoms with Crippen molar-refractivity contribution in [1.82, 2.24) is 10.2 Å². The highest BCUT2D eigenvalue weighted by molar-refractivity contribution is 5.78. The predicted molar refractivity (Wildman–Crippen MR) is 69.3 cm³/mol. The average Bonchev–Trinajstić information content (AvgIpc) is 2.25. The first kappa shape index (κ1) is 15.0. The second kappa shape index (κ2) is 7.36. The number of carboxylic acid groups (broad SMARTS) is 1. The molecule has 1 rings (SSSR count). The van der Waals surface area contributed by atoms with E-state index in [9.17, 15) is 9.59 Å². The molecule has 0 radical (unpaired) electrons. The smallest absolute Gasteiger partial charge is 0.303 e. The molecule has 0 aliphatic carbocycles. The molecule has 0 saturated carbocycles. The summed E-state index contributed by atoms with van der Waals surface area (Å²) in [5, 5.41) is 11.6. The van der Waals surface area contributed by atoms with Gasteiger partial charge < -0.3 is 10.4 Å². The highest BCUT2D eigenvalue weighted by atomic mass is 16.4. The summed E-state index contributed by atoms with van der Waals surface area (Å²) in [6, 6.07) is 0.171. The van der Waals surface area contributed by atoms with E-state index in [1.165, 1.54) is 0 Å². The molecule has 1 amide bonds. The summed E-state index contributed by atoms with van der Waals surface area (Å²) in [4.78, 5) is 24.3. The molecular formula is C13H24N2O3. The number of carboxylic acids is 1. The second-order valence-electron chi connectivity index (χ2n) is 5.40. The van der Waals surface area contributed by atoms with Crippen LogP contribution in [0.3, 0.4) is 0 Å². The molecule has 0 aromatic heterocycles. The minimum atomic E-state index is -0.732. The lowest BCUT2D eigenvalue weighted by Gasteiger charge is -2.32. The molecule has 1 fully saturated rings. The van der Waals surface area contributed by atoms with Gasteiger partial charge in [-0.05, 0) is 45.6 Å². The maximum atomic E-state index is 11.6. The molecule has 1 unspecified atom stereocenters. The molecule has 5 heteroatoms. The maximum Gasteiger partial charge on any atom is 0.303 e. The van der Waals surface area contributed by atoms with E-state index in [0.717, 1.165) is 32.4 Å². The molecule has 0 bridgehead atoms. The summed E-state index contributed by atoms with van der Waals surface area (Å²) in [6.07, 6.45) is 3.09. The van der Waals surface area contributed by atoms with Gasteiger partial charge in [0.25, 0.3) is 0 Å². The Kier molecular flexibility index (Phi) is 6.12. The third-order valence-electron chi connectivity index (χ3n) is 3.19. The van der Waals surface area contributed by atoms with E-state index in [1.54, 1.807) is 0 Å². The highest BCUT2D eigenvalue weighted by Crippen LogP contribution is 2.20. The molecule has 104 valence electrons. The number of hydrogen-bond acceptors (Lipinski definition) is 3. The molecule has 1 aliphatic heterocycles. The molecular weight excluding hydrogens is 232 g/mol. The summed E-state index contributed by atoms with van der Waals surface area (Å²) in [5.41, 5.74) is 0. The van der Waals surface area contributed by atoms with Crippen LogP contribution in [0.2, 0.25) is 0 Å². The summed E-state index contributed by atoms with van der Waals surface area (Å²) >= 11 is 0. The van der Waals surface area contributed by atoms with E-state index in [0.29, 0.717) is 12.5 Å². The van der Waals surface area contributed by atoms with Crippen molar-refractivity contribution in [3.8, 4) is 0 Å². The van der Waals surface area contributed by atoms with Crippen molar-refractivity contribution in [2.24, 2.45) is 5.92 Å². The number of rotatable bonds is 6. The van der Waals surface area contributed by atoms with E-state index >= 15 is 0 Å². The molecule has 0 spiro atoms. The Balaban J connectivity index is 2.30. The Labute approximate surface area is 109 Å². The van der Waals surface area contributed by atoms with Crippen LogP contribution in [-0.2, 0) is 9.59 Å². The Morgan fingerprint density at radius 3 is 2.78 bits per heavy atom. The Hall–Kier alpha value is -1.10. The summed E-state index contributed by atoms with van der Waals surface area (Å²) < 4.78 is 0. The number of aliphatic carboxylic acids is 1. The van der Waals surface area contributed by atoms with E-state index in [1.807, 2.05) is 13.8 Å². The van der Waals surface area contributed by atoms with Crippen LogP contribution in [0, 0.1) is 5.92 Å². The molecule has 0 aromatic rings. The average molecular weight is 256 g/mol. The normalized spacial score (nSPS) is 20.9. The van der Waals surface area contributed by atoms with Crippen LogP contribution in [0.25, 0.3) is 0 Å². The number of hydrogen-bond donors (Lipinski definition) is 2. The zero-order valence-electron chi connectivity index (χ0n) is 11.3. The Bertz CT molecular complexity index is 292. The highest BCUT2D eigenvalue weighted by Gasteiger charge is 2.22. The predicted octanol–water partition coefficient (Wildman–Crippen LogP) is 1.09. The van der Waals surface area contributed by atoms with Gasteiger partial charge >= 0.3 is 5.97 Å². The fraction of sp³-hybridized carbons (Fsp3) is 0.846. The van der Waals surface area contributed by atoms with Gasteiger partial charge in [0.2, 0.25) is 5.91 Å². The van der Waals surface area contributed by atoms with Crippen molar-refractivity contribution in [2.75, 3.05) is 19.6 Å². The fourth-order valence-electron chi connectivity index (χ4n) is 2.43. The molecule has 18 heavy (non-hydrogen) atoms. The minimum absolute atomic E-state index is 0.0592. The lowest BCUT2D eigenvalue weighted by atomic mass is 9.93. The van der Waals surface area contributed by atoms with Gasteiger partial charge in [-0.15, -0.1) is 0 Å². The van der Waals surface area contributed by atoms with Crippen molar-refractivity contribution < 1.29 is 14.7 Å². The van der Waals surface area contributed by atoms with Gasteiger partial charge in [0.1, 0.15) is 0 Å². The van der Waals surface area contributed by atoms with E-state index in [2.05, 4.69) is 10.2 Å². The first-order valence-electron chi connectivity index (χ1n) is 6.71. The number of nitrogens with zero attached hydrogens (tertiary/aromatic N) is 1. The number of likely N-dealkylation sites (tertiary alicyclic amines) is 1. The first-order chi connectivity index (χ1) is 8.47. The quantitative estimate of drug-likeness (QED) is 0.746. The lowest BCUT2D eigenvalue weighted by molar-refractivity contribution is -0.137. The number of carbonyl (C=O) groups is 2. The van der Waals surface area contributed by atoms with Gasteiger partial charge in [0, 0.05) is 19.0 Å². The van der Waals surface area contributed by atoms with Crippen molar-refractivity contribution in [1.29, 1.82) is 0 Å². The molecule has 1 saturated heterocycles. The third-order valence-corrected chi connectivity index (χ3v) is 3.19. The molecule has 2 N–H and O–H groups in total. The topological polar surface area (TPSA) is 69.6 Å². The van der Waals surface area contributed by atoms with Gasteiger partial charge in [-0.1, -0.05) is 0 Å². The minimum Gasteiger partial charge on any atom is -0.481 e. The van der Waals surface area contributed by atoms with Crippen molar-refractivity contribution >= 4 is 11.9 Å². The third kappa shape index (κ3) is 6.00. The zero-order valence-corrected chi connectivity index (χ0v) is 11.3. The van der Waals surface area contributed by atoms with Crippen LogP contribution in [0.5, 0.6) is 0 Å². The molecule has 0 aromatic carbocycles. The van der Waals surface area contributed by atoms with Crippen molar-refractivity contribution in [2.45, 2.75) is 45.6 Å². The molecule has 1 heterocycles. The first-order valence-corrected chi connectivity index (χ1v) is 6.71. The van der Waals surface area contributed by atoms with E-state index < -0.39 is 5.97 Å². The van der Waals surface area contributed by atoms with E-state index in [-0.39, 0.29) is 18.4 Å². The largest absolute Gasteiger partial charge is 0.481 e. The maximum absolute atomic E-state index is 11.6. The van der Waals surface area contributed by atoms with Crippen LogP contribution in [0.15, 0.2) is 0 Å². The zero-order chi connectivity index (χ0) is 13.5. The number of nitrogens with one attached hydrogen (secondary N) is 1. The van der Waals surface area contributed by atoms with Crippen LogP contribution >= 0.6 is 0 Å². The van der Waals surface area contributed by atoms with Crippen LogP contribution in [0.4, 0.5) is 0 Å². The van der Waals surface area contributed by atoms with Crippen LogP contribution in [-0.4, -0.2) is 47.6 Å². The van der Waals surface area contributed by atoms with Gasteiger partial charge in [0.05, 0.1) is 6.54 Å². The number of carbonyl (C=O) groups excluding carboxylic acids is 1. The van der Waals surface area contributed by atoms with Crippen LogP contribution < -0.4 is 5.32 Å². The standard InChI is InChI=1S/C13H24N2O3/c1-10(2)14-12(16)9-15-7-3-4-11(8-15)5-6-13(17)18/h10-11H,3-9H2,1-2H3,(H,14,16)(H,17,18). The molecule has 1 atom stereocenters. The fourth-order valence-corrected chi connectivity index (χ4v) is 2.43. The number of piperidine rings is 1. The Morgan fingerprint density at radius 1 is 1.44 bits per heavy atom. The second-order valence-corrected chi connectivity index (χ2v) is 5.40. The Morgan fingerprint density at radius 2 is 2.17 bits per heavy atom. The van der Waals surface area contributed by atoms with Gasteiger partial charge in [-0.25, -0.2) is 0 Å². The van der Waals surface area contributed by atoms with Crippen molar-refractivity contribution in [3.63, 3.8) is 0 Å². The van der Waals surface area contributed by atoms with E-state index in [4.69, 9.17) is 5.11 Å². The van der Waals surface area contributed by atoms with Crippen molar-refractivity contribution in [3.05, 3.63) is 0 Å².